The average molecular weight is 565 g/mol. The van der Waals surface area contributed by atoms with Gasteiger partial charge in [0.15, 0.2) is 18.1 Å². The van der Waals surface area contributed by atoms with E-state index in [0.717, 1.165) is 23.2 Å². The molecule has 0 unspecified atom stereocenters. The van der Waals surface area contributed by atoms with Crippen LogP contribution in [0.15, 0.2) is 87.8 Å². The minimum absolute atomic E-state index is 0.119. The van der Waals surface area contributed by atoms with Gasteiger partial charge in [-0.15, -0.1) is 11.3 Å². The minimum Gasteiger partial charge on any atom is -0.493 e. The molecule has 36 heavy (non-hydrogen) atoms. The van der Waals surface area contributed by atoms with E-state index in [1.807, 2.05) is 72.1 Å². The molecule has 184 valence electrons. The number of ether oxygens (including phenoxy) is 2. The van der Waals surface area contributed by atoms with Crippen LogP contribution >= 0.6 is 27.3 Å². The summed E-state index contributed by atoms with van der Waals surface area (Å²) in [6.07, 6.45) is 2.42. The number of thiazole rings is 1. The smallest absolute Gasteiger partial charge is 0.257 e. The van der Waals surface area contributed by atoms with Crippen molar-refractivity contribution in [3.8, 4) is 22.8 Å². The zero-order valence-electron chi connectivity index (χ0n) is 19.6. The second-order valence-electron chi connectivity index (χ2n) is 7.68. The zero-order chi connectivity index (χ0) is 25.2. The summed E-state index contributed by atoms with van der Waals surface area (Å²) in [5, 5.41) is 9.83. The highest BCUT2D eigenvalue weighted by Crippen LogP contribution is 2.36. The van der Waals surface area contributed by atoms with E-state index in [-0.39, 0.29) is 12.5 Å². The van der Waals surface area contributed by atoms with E-state index < -0.39 is 0 Å². The normalized spacial score (nSPS) is 10.8. The molecule has 0 fully saturated rings. The van der Waals surface area contributed by atoms with E-state index in [1.165, 1.54) is 16.9 Å². The number of anilines is 1. The highest BCUT2D eigenvalue weighted by molar-refractivity contribution is 9.10. The molecule has 3 aromatic carbocycles. The zero-order valence-corrected chi connectivity index (χ0v) is 22.0. The second kappa shape index (κ2) is 12.9. The summed E-state index contributed by atoms with van der Waals surface area (Å²) in [6, 6.07) is 23.6. The Morgan fingerprint density at radius 3 is 2.61 bits per heavy atom. The number of nitrogens with zero attached hydrogens (tertiary/aromatic N) is 2. The third-order valence-electron chi connectivity index (χ3n) is 5.13. The summed E-state index contributed by atoms with van der Waals surface area (Å²) in [4.78, 5) is 16.8. The van der Waals surface area contributed by atoms with E-state index in [9.17, 15) is 4.79 Å². The Morgan fingerprint density at radius 1 is 1.11 bits per heavy atom. The fourth-order valence-corrected chi connectivity index (χ4v) is 4.61. The number of hydrogen-bond acceptors (Lipinski definition) is 7. The SMILES string of the molecule is COc1cc(C=NNc2nc(-c3ccccc3)cs2)cc(Br)c1OCC(=O)NCCc1ccccc1. The van der Waals surface area contributed by atoms with Crippen molar-refractivity contribution < 1.29 is 14.3 Å². The lowest BCUT2D eigenvalue weighted by molar-refractivity contribution is -0.123. The van der Waals surface area contributed by atoms with Gasteiger partial charge < -0.3 is 14.8 Å². The number of nitrogens with one attached hydrogen (secondary N) is 2. The quantitative estimate of drug-likeness (QED) is 0.178. The highest BCUT2D eigenvalue weighted by atomic mass is 79.9. The monoisotopic (exact) mass is 564 g/mol. The van der Waals surface area contributed by atoms with E-state index in [0.29, 0.717) is 27.6 Å². The predicted octanol–water partition coefficient (Wildman–Crippen LogP) is 5.76. The van der Waals surface area contributed by atoms with Gasteiger partial charge in [0.25, 0.3) is 5.91 Å². The number of methoxy groups -OCH3 is 1. The maximum absolute atomic E-state index is 12.2. The van der Waals surface area contributed by atoms with Crippen LogP contribution in [-0.4, -0.2) is 37.4 Å². The molecule has 0 bridgehead atoms. The first-order valence-electron chi connectivity index (χ1n) is 11.2. The summed E-state index contributed by atoms with van der Waals surface area (Å²) < 4.78 is 11.9. The fourth-order valence-electron chi connectivity index (χ4n) is 3.36. The number of rotatable bonds is 11. The Labute approximate surface area is 222 Å². The number of carbonyl (C=O) groups excluding carboxylic acids is 1. The maximum atomic E-state index is 12.2. The molecule has 1 amide bonds. The third kappa shape index (κ3) is 7.16. The molecule has 9 heteroatoms. The Balaban J connectivity index is 1.31. The Morgan fingerprint density at radius 2 is 1.86 bits per heavy atom. The standard InChI is InChI=1S/C27H25BrN4O3S/c1-34-24-15-20(16-30-32-27-31-23(18-36-27)21-10-6-3-7-11-21)14-22(28)26(24)35-17-25(33)29-13-12-19-8-4-2-5-9-19/h2-11,14-16,18H,12-13,17H2,1H3,(H,29,33)(H,31,32). The first kappa shape index (κ1) is 25.4. The van der Waals surface area contributed by atoms with Gasteiger partial charge >= 0.3 is 0 Å². The number of amides is 1. The minimum atomic E-state index is -0.201. The topological polar surface area (TPSA) is 84.8 Å². The first-order valence-corrected chi connectivity index (χ1v) is 12.9. The van der Waals surface area contributed by atoms with Crippen LogP contribution in [0.25, 0.3) is 11.3 Å². The number of carbonyl (C=O) groups is 1. The third-order valence-corrected chi connectivity index (χ3v) is 6.46. The molecule has 0 radical (unpaired) electrons. The van der Waals surface area contributed by atoms with Crippen molar-refractivity contribution >= 4 is 44.5 Å². The second-order valence-corrected chi connectivity index (χ2v) is 9.39. The molecule has 4 aromatic rings. The molecule has 0 spiro atoms. The molecule has 4 rings (SSSR count). The molecule has 0 atom stereocenters. The first-order chi connectivity index (χ1) is 17.6. The van der Waals surface area contributed by atoms with Crippen LogP contribution in [0.1, 0.15) is 11.1 Å². The molecule has 0 aliphatic rings. The summed E-state index contributed by atoms with van der Waals surface area (Å²) >= 11 is 4.99. The molecule has 1 heterocycles. The molecule has 0 aliphatic carbocycles. The molecule has 0 aliphatic heterocycles. The van der Waals surface area contributed by atoms with Gasteiger partial charge in [-0.2, -0.15) is 5.10 Å². The van der Waals surface area contributed by atoms with Crippen molar-refractivity contribution in [3.05, 3.63) is 93.8 Å². The van der Waals surface area contributed by atoms with Crippen molar-refractivity contribution in [3.63, 3.8) is 0 Å². The van der Waals surface area contributed by atoms with Crippen LogP contribution in [0, 0.1) is 0 Å². The van der Waals surface area contributed by atoms with Crippen LogP contribution in [0.2, 0.25) is 0 Å². The van der Waals surface area contributed by atoms with Gasteiger partial charge in [-0.25, -0.2) is 4.98 Å². The van der Waals surface area contributed by atoms with Crippen molar-refractivity contribution in [1.29, 1.82) is 0 Å². The van der Waals surface area contributed by atoms with E-state index in [2.05, 4.69) is 36.8 Å². The number of aromatic nitrogens is 1. The van der Waals surface area contributed by atoms with Gasteiger partial charge in [0.1, 0.15) is 0 Å². The van der Waals surface area contributed by atoms with Gasteiger partial charge in [-0.1, -0.05) is 60.7 Å². The molecule has 2 N–H and O–H groups in total. The van der Waals surface area contributed by atoms with Crippen molar-refractivity contribution in [1.82, 2.24) is 10.3 Å². The highest BCUT2D eigenvalue weighted by Gasteiger charge is 2.13. The summed E-state index contributed by atoms with van der Waals surface area (Å²) in [5.41, 5.74) is 6.87. The summed E-state index contributed by atoms with van der Waals surface area (Å²) in [6.45, 7) is 0.422. The molecular weight excluding hydrogens is 540 g/mol. The molecule has 7 nitrogen and oxygen atoms in total. The van der Waals surface area contributed by atoms with E-state index >= 15 is 0 Å². The van der Waals surface area contributed by atoms with Crippen molar-refractivity contribution in [2.45, 2.75) is 6.42 Å². The number of halogens is 1. The Kier molecular flexibility index (Phi) is 9.07. The lowest BCUT2D eigenvalue weighted by Crippen LogP contribution is -2.30. The predicted molar refractivity (Wildman–Crippen MR) is 148 cm³/mol. The van der Waals surface area contributed by atoms with Crippen LogP contribution in [0.4, 0.5) is 5.13 Å². The molecule has 1 aromatic heterocycles. The van der Waals surface area contributed by atoms with Crippen LogP contribution < -0.4 is 20.2 Å². The van der Waals surface area contributed by atoms with Crippen molar-refractivity contribution in [2.24, 2.45) is 5.10 Å². The number of benzene rings is 3. The molecular formula is C27H25BrN4O3S. The Bertz CT molecular complexity index is 1310. The molecule has 0 saturated carbocycles. The van der Waals surface area contributed by atoms with Gasteiger partial charge in [-0.05, 0) is 45.6 Å². The van der Waals surface area contributed by atoms with Crippen LogP contribution in [-0.2, 0) is 11.2 Å². The number of hydrogen-bond donors (Lipinski definition) is 2. The van der Waals surface area contributed by atoms with Gasteiger partial charge in [0, 0.05) is 17.5 Å². The van der Waals surface area contributed by atoms with Gasteiger partial charge in [0.05, 0.1) is 23.5 Å². The van der Waals surface area contributed by atoms with Crippen LogP contribution in [0.5, 0.6) is 11.5 Å². The van der Waals surface area contributed by atoms with Gasteiger partial charge in [-0.3, -0.25) is 10.2 Å². The lowest BCUT2D eigenvalue weighted by atomic mass is 10.1. The van der Waals surface area contributed by atoms with Crippen LogP contribution in [0.3, 0.4) is 0 Å². The van der Waals surface area contributed by atoms with Gasteiger partial charge in [0.2, 0.25) is 5.13 Å². The summed E-state index contributed by atoms with van der Waals surface area (Å²) in [7, 11) is 1.55. The van der Waals surface area contributed by atoms with E-state index in [1.54, 1.807) is 19.4 Å². The lowest BCUT2D eigenvalue weighted by Gasteiger charge is -2.13. The Hall–Kier alpha value is -3.69. The van der Waals surface area contributed by atoms with E-state index in [4.69, 9.17) is 9.47 Å². The number of hydrazone groups is 1. The average Bonchev–Trinajstić information content (AvgIpc) is 3.38. The van der Waals surface area contributed by atoms with Crippen molar-refractivity contribution in [2.75, 3.05) is 25.7 Å². The summed E-state index contributed by atoms with van der Waals surface area (Å²) in [5.74, 6) is 0.741. The maximum Gasteiger partial charge on any atom is 0.257 e. The fraction of sp³-hybridized carbons (Fsp3) is 0.148. The largest absolute Gasteiger partial charge is 0.493 e. The molecule has 0 saturated heterocycles.